The number of aliphatic hydroxyl groups excluding tert-OH is 1. The van der Waals surface area contributed by atoms with Crippen LogP contribution in [-0.4, -0.2) is 40.3 Å². The third-order valence-electron chi connectivity index (χ3n) is 3.76. The van der Waals surface area contributed by atoms with Crippen LogP contribution < -0.4 is 10.6 Å². The number of nitrogens with two attached hydrogens (primary N) is 1. The summed E-state index contributed by atoms with van der Waals surface area (Å²) in [5.74, 6) is 0.819. The van der Waals surface area contributed by atoms with Crippen molar-refractivity contribution in [2.45, 2.75) is 38.6 Å². The van der Waals surface area contributed by atoms with Gasteiger partial charge in [-0.1, -0.05) is 5.16 Å². The Labute approximate surface area is 118 Å². The number of pyridine rings is 1. The van der Waals surface area contributed by atoms with Gasteiger partial charge in [0.25, 0.3) is 0 Å². The molecule has 0 spiro atoms. The van der Waals surface area contributed by atoms with Crippen molar-refractivity contribution < 1.29 is 10.3 Å². The third-order valence-corrected chi connectivity index (χ3v) is 3.76. The van der Waals surface area contributed by atoms with E-state index in [0.29, 0.717) is 12.0 Å². The quantitative estimate of drug-likeness (QED) is 0.333. The highest BCUT2D eigenvalue weighted by atomic mass is 16.4. The summed E-state index contributed by atoms with van der Waals surface area (Å²) in [5.41, 5.74) is 7.29. The summed E-state index contributed by atoms with van der Waals surface area (Å²) in [5, 5.41) is 21.2. The number of oxime groups is 1. The van der Waals surface area contributed by atoms with Crippen molar-refractivity contribution in [1.29, 1.82) is 0 Å². The van der Waals surface area contributed by atoms with Gasteiger partial charge in [-0.3, -0.25) is 0 Å². The standard InChI is InChI=1S/C14H22N4O2/c1-10-5-6-12(13(15)17-20)14(16-10)18-8-3-2-4-11(18)7-9-19/h5-6,11,19-20H,2-4,7-9H2,1H3,(H2,15,17). The van der Waals surface area contributed by atoms with E-state index < -0.39 is 0 Å². The Bertz CT molecular complexity index is 488. The first-order valence-corrected chi connectivity index (χ1v) is 7.00. The number of hydrogen-bond donors (Lipinski definition) is 3. The average Bonchev–Trinajstić information content (AvgIpc) is 2.47. The molecule has 1 aromatic heterocycles. The number of piperidine rings is 1. The molecule has 1 aromatic rings. The highest BCUT2D eigenvalue weighted by Gasteiger charge is 2.26. The van der Waals surface area contributed by atoms with E-state index in [1.807, 2.05) is 19.1 Å². The zero-order chi connectivity index (χ0) is 14.5. The predicted octanol–water partition coefficient (Wildman–Crippen LogP) is 1.23. The van der Waals surface area contributed by atoms with Crippen LogP contribution in [0, 0.1) is 6.92 Å². The molecule has 0 radical (unpaired) electrons. The second kappa shape index (κ2) is 6.56. The van der Waals surface area contributed by atoms with Gasteiger partial charge in [-0.2, -0.15) is 0 Å². The van der Waals surface area contributed by atoms with Crippen molar-refractivity contribution in [2.75, 3.05) is 18.1 Å². The van der Waals surface area contributed by atoms with Crippen LogP contribution in [0.25, 0.3) is 0 Å². The monoisotopic (exact) mass is 278 g/mol. The van der Waals surface area contributed by atoms with Crippen molar-refractivity contribution in [3.8, 4) is 0 Å². The molecule has 0 amide bonds. The van der Waals surface area contributed by atoms with Gasteiger partial charge < -0.3 is 20.9 Å². The first-order chi connectivity index (χ1) is 9.67. The zero-order valence-electron chi connectivity index (χ0n) is 11.8. The van der Waals surface area contributed by atoms with Crippen LogP contribution in [0.2, 0.25) is 0 Å². The van der Waals surface area contributed by atoms with Gasteiger partial charge in [0.1, 0.15) is 5.82 Å². The van der Waals surface area contributed by atoms with Crippen LogP contribution >= 0.6 is 0 Å². The third kappa shape index (κ3) is 3.01. The van der Waals surface area contributed by atoms with E-state index in [1.165, 1.54) is 0 Å². The minimum Gasteiger partial charge on any atom is -0.409 e. The summed E-state index contributed by atoms with van der Waals surface area (Å²) < 4.78 is 0. The van der Waals surface area contributed by atoms with E-state index in [4.69, 9.17) is 10.9 Å². The smallest absolute Gasteiger partial charge is 0.173 e. The Morgan fingerprint density at radius 2 is 2.30 bits per heavy atom. The number of rotatable bonds is 4. The normalized spacial score (nSPS) is 20.2. The second-order valence-corrected chi connectivity index (χ2v) is 5.16. The molecule has 1 saturated heterocycles. The molecule has 1 aliphatic rings. The lowest BCUT2D eigenvalue weighted by Crippen LogP contribution is -2.42. The van der Waals surface area contributed by atoms with Crippen LogP contribution in [-0.2, 0) is 0 Å². The van der Waals surface area contributed by atoms with Gasteiger partial charge in [0.05, 0.1) is 5.56 Å². The molecular formula is C14H22N4O2. The summed E-state index contributed by atoms with van der Waals surface area (Å²) >= 11 is 0. The summed E-state index contributed by atoms with van der Waals surface area (Å²) in [4.78, 5) is 6.75. The predicted molar refractivity (Wildman–Crippen MR) is 78.2 cm³/mol. The van der Waals surface area contributed by atoms with Crippen molar-refractivity contribution in [1.82, 2.24) is 4.98 Å². The van der Waals surface area contributed by atoms with Crippen LogP contribution in [0.5, 0.6) is 0 Å². The molecule has 6 nitrogen and oxygen atoms in total. The van der Waals surface area contributed by atoms with Gasteiger partial charge in [0, 0.05) is 24.9 Å². The average molecular weight is 278 g/mol. The lowest BCUT2D eigenvalue weighted by Gasteiger charge is -2.37. The number of aryl methyl sites for hydroxylation is 1. The molecule has 0 aromatic carbocycles. The fourth-order valence-corrected chi connectivity index (χ4v) is 2.74. The Morgan fingerprint density at radius 3 is 3.00 bits per heavy atom. The minimum absolute atomic E-state index is 0.0702. The number of hydrogen-bond acceptors (Lipinski definition) is 5. The second-order valence-electron chi connectivity index (χ2n) is 5.16. The van der Waals surface area contributed by atoms with Crippen LogP contribution in [0.1, 0.15) is 36.9 Å². The minimum atomic E-state index is 0.0702. The van der Waals surface area contributed by atoms with Gasteiger partial charge >= 0.3 is 0 Å². The van der Waals surface area contributed by atoms with E-state index in [0.717, 1.165) is 37.3 Å². The van der Waals surface area contributed by atoms with Crippen LogP contribution in [0.4, 0.5) is 5.82 Å². The van der Waals surface area contributed by atoms with E-state index in [9.17, 15) is 5.11 Å². The number of nitrogens with zero attached hydrogens (tertiary/aromatic N) is 3. The molecular weight excluding hydrogens is 256 g/mol. The molecule has 1 unspecified atom stereocenters. The summed E-state index contributed by atoms with van der Waals surface area (Å²) in [6.07, 6.45) is 4.00. The maximum absolute atomic E-state index is 9.23. The molecule has 1 aliphatic heterocycles. The van der Waals surface area contributed by atoms with E-state index in [2.05, 4.69) is 15.0 Å². The fraction of sp³-hybridized carbons (Fsp3) is 0.571. The van der Waals surface area contributed by atoms with E-state index in [-0.39, 0.29) is 18.5 Å². The molecule has 1 fully saturated rings. The molecule has 0 bridgehead atoms. The molecule has 110 valence electrons. The molecule has 2 rings (SSSR count). The number of aliphatic hydroxyl groups is 1. The maximum atomic E-state index is 9.23. The first kappa shape index (κ1) is 14.6. The molecule has 4 N–H and O–H groups in total. The van der Waals surface area contributed by atoms with Crippen LogP contribution in [0.15, 0.2) is 17.3 Å². The highest BCUT2D eigenvalue weighted by Crippen LogP contribution is 2.28. The molecule has 2 heterocycles. The van der Waals surface area contributed by atoms with E-state index >= 15 is 0 Å². The Hall–Kier alpha value is -1.82. The van der Waals surface area contributed by atoms with Crippen LogP contribution in [0.3, 0.4) is 0 Å². The molecule has 6 heteroatoms. The summed E-state index contributed by atoms with van der Waals surface area (Å²) in [7, 11) is 0. The lowest BCUT2D eigenvalue weighted by atomic mass is 9.98. The molecule has 20 heavy (non-hydrogen) atoms. The molecule has 1 atom stereocenters. The first-order valence-electron chi connectivity index (χ1n) is 7.00. The number of aromatic nitrogens is 1. The van der Waals surface area contributed by atoms with Gasteiger partial charge in [0.2, 0.25) is 0 Å². The van der Waals surface area contributed by atoms with E-state index in [1.54, 1.807) is 0 Å². The summed E-state index contributed by atoms with van der Waals surface area (Å²) in [6, 6.07) is 3.94. The van der Waals surface area contributed by atoms with Gasteiger partial charge in [-0.15, -0.1) is 0 Å². The Kier molecular flexibility index (Phi) is 4.79. The topological polar surface area (TPSA) is 95.0 Å². The van der Waals surface area contributed by atoms with Crippen molar-refractivity contribution in [3.63, 3.8) is 0 Å². The highest BCUT2D eigenvalue weighted by molar-refractivity contribution is 6.01. The summed E-state index contributed by atoms with van der Waals surface area (Å²) in [6.45, 7) is 2.96. The van der Waals surface area contributed by atoms with Crippen molar-refractivity contribution >= 4 is 11.7 Å². The lowest BCUT2D eigenvalue weighted by molar-refractivity contribution is 0.262. The number of anilines is 1. The van der Waals surface area contributed by atoms with Gasteiger partial charge in [0.15, 0.2) is 5.84 Å². The molecule has 0 aliphatic carbocycles. The largest absolute Gasteiger partial charge is 0.409 e. The molecule has 0 saturated carbocycles. The Balaban J connectivity index is 2.40. The zero-order valence-corrected chi connectivity index (χ0v) is 11.8. The SMILES string of the molecule is Cc1ccc(C(N)=NO)c(N2CCCCC2CCO)n1. The fourth-order valence-electron chi connectivity index (χ4n) is 2.74. The maximum Gasteiger partial charge on any atom is 0.173 e. The van der Waals surface area contributed by atoms with Gasteiger partial charge in [-0.05, 0) is 44.7 Å². The Morgan fingerprint density at radius 1 is 1.50 bits per heavy atom. The van der Waals surface area contributed by atoms with Crippen molar-refractivity contribution in [2.24, 2.45) is 10.9 Å². The van der Waals surface area contributed by atoms with Crippen molar-refractivity contribution in [3.05, 3.63) is 23.4 Å². The number of amidine groups is 1. The van der Waals surface area contributed by atoms with Gasteiger partial charge in [-0.25, -0.2) is 4.98 Å².